The van der Waals surface area contributed by atoms with Gasteiger partial charge in [0.1, 0.15) is 11.6 Å². The number of hydrogen-bond donors (Lipinski definition) is 1. The van der Waals surface area contributed by atoms with Crippen LogP contribution in [0.4, 0.5) is 13.2 Å². The molecule has 0 saturated carbocycles. The lowest BCUT2D eigenvalue weighted by Gasteiger charge is -2.09. The van der Waals surface area contributed by atoms with Gasteiger partial charge in [0.15, 0.2) is 11.6 Å². The second kappa shape index (κ2) is 5.81. The maximum Gasteiger partial charge on any atom is 0.161 e. The maximum atomic E-state index is 14.0. The number of aryl methyl sites for hydroxylation is 1. The largest absolute Gasteiger partial charge is 0.330 e. The van der Waals surface area contributed by atoms with Crippen molar-refractivity contribution < 1.29 is 13.2 Å². The van der Waals surface area contributed by atoms with Crippen molar-refractivity contribution in [1.82, 2.24) is 9.55 Å². The Morgan fingerprint density at radius 2 is 1.73 bits per heavy atom. The molecule has 0 radical (unpaired) electrons. The summed E-state index contributed by atoms with van der Waals surface area (Å²) in [7, 11) is 0. The van der Waals surface area contributed by atoms with Gasteiger partial charge in [-0.25, -0.2) is 18.2 Å². The Kier molecular flexibility index (Phi) is 3.85. The first-order valence-corrected chi connectivity index (χ1v) is 6.92. The van der Waals surface area contributed by atoms with E-state index in [1.807, 2.05) is 0 Å². The number of nitrogens with zero attached hydrogens (tertiary/aromatic N) is 2. The van der Waals surface area contributed by atoms with Crippen molar-refractivity contribution in [2.24, 2.45) is 5.73 Å². The second-order valence-corrected chi connectivity index (χ2v) is 4.96. The van der Waals surface area contributed by atoms with Gasteiger partial charge in [-0.15, -0.1) is 0 Å². The Labute approximate surface area is 125 Å². The van der Waals surface area contributed by atoms with Gasteiger partial charge < -0.3 is 10.3 Å². The number of nitrogens with two attached hydrogens (primary N) is 1. The second-order valence-electron chi connectivity index (χ2n) is 4.96. The van der Waals surface area contributed by atoms with Crippen molar-refractivity contribution in [3.63, 3.8) is 0 Å². The van der Waals surface area contributed by atoms with Gasteiger partial charge >= 0.3 is 0 Å². The van der Waals surface area contributed by atoms with Crippen LogP contribution in [0.2, 0.25) is 0 Å². The van der Waals surface area contributed by atoms with Gasteiger partial charge in [0, 0.05) is 18.7 Å². The van der Waals surface area contributed by atoms with Crippen molar-refractivity contribution in [3.05, 3.63) is 53.8 Å². The van der Waals surface area contributed by atoms with E-state index in [2.05, 4.69) is 4.98 Å². The molecule has 2 aromatic carbocycles. The highest BCUT2D eigenvalue weighted by Crippen LogP contribution is 2.28. The number of hydrogen-bond acceptors (Lipinski definition) is 2. The fraction of sp³-hybridized carbons (Fsp3) is 0.188. The highest BCUT2D eigenvalue weighted by molar-refractivity contribution is 5.81. The normalized spacial score (nSPS) is 11.3. The lowest BCUT2D eigenvalue weighted by Crippen LogP contribution is -2.07. The Morgan fingerprint density at radius 1 is 1.00 bits per heavy atom. The highest BCUT2D eigenvalue weighted by Gasteiger charge is 2.17. The van der Waals surface area contributed by atoms with Crippen molar-refractivity contribution in [2.45, 2.75) is 13.0 Å². The molecule has 0 fully saturated rings. The van der Waals surface area contributed by atoms with Crippen LogP contribution in [0.25, 0.3) is 22.4 Å². The van der Waals surface area contributed by atoms with E-state index < -0.39 is 17.5 Å². The molecule has 1 aromatic heterocycles. The van der Waals surface area contributed by atoms with E-state index >= 15 is 0 Å². The molecule has 3 aromatic rings. The third-order valence-corrected chi connectivity index (χ3v) is 3.49. The smallest absolute Gasteiger partial charge is 0.161 e. The summed E-state index contributed by atoms with van der Waals surface area (Å²) in [6.07, 6.45) is 0.617. The van der Waals surface area contributed by atoms with E-state index in [1.54, 1.807) is 22.8 Å². The molecule has 0 aliphatic rings. The Morgan fingerprint density at radius 3 is 2.45 bits per heavy atom. The van der Waals surface area contributed by atoms with Gasteiger partial charge in [-0.05, 0) is 25.1 Å². The predicted molar refractivity (Wildman–Crippen MR) is 78.7 cm³/mol. The summed E-state index contributed by atoms with van der Waals surface area (Å²) in [4.78, 5) is 4.27. The van der Waals surface area contributed by atoms with Crippen LogP contribution in [0.1, 0.15) is 6.42 Å². The molecule has 3 nitrogen and oxygen atoms in total. The first-order chi connectivity index (χ1) is 10.6. The molecule has 0 atom stereocenters. The topological polar surface area (TPSA) is 43.8 Å². The first-order valence-electron chi connectivity index (χ1n) is 6.92. The van der Waals surface area contributed by atoms with Crippen molar-refractivity contribution in [1.29, 1.82) is 0 Å². The first kappa shape index (κ1) is 14.6. The van der Waals surface area contributed by atoms with E-state index in [1.165, 1.54) is 6.07 Å². The molecule has 2 N–H and O–H groups in total. The summed E-state index contributed by atoms with van der Waals surface area (Å²) in [6.45, 7) is 0.877. The molecular formula is C16H14F3N3. The average Bonchev–Trinajstić information content (AvgIpc) is 2.83. The summed E-state index contributed by atoms with van der Waals surface area (Å²) in [6, 6.07) is 8.27. The molecule has 22 heavy (non-hydrogen) atoms. The minimum Gasteiger partial charge on any atom is -0.330 e. The van der Waals surface area contributed by atoms with Crippen LogP contribution < -0.4 is 5.73 Å². The van der Waals surface area contributed by atoms with Crippen LogP contribution >= 0.6 is 0 Å². The third kappa shape index (κ3) is 2.46. The number of benzene rings is 2. The molecule has 0 saturated heterocycles. The van der Waals surface area contributed by atoms with Gasteiger partial charge in [-0.1, -0.05) is 12.1 Å². The van der Waals surface area contributed by atoms with Gasteiger partial charge in [-0.3, -0.25) is 0 Å². The molecule has 0 spiro atoms. The van der Waals surface area contributed by atoms with Crippen LogP contribution in [0.3, 0.4) is 0 Å². The third-order valence-electron chi connectivity index (χ3n) is 3.49. The van der Waals surface area contributed by atoms with Crippen LogP contribution in [-0.4, -0.2) is 16.1 Å². The molecule has 3 rings (SSSR count). The predicted octanol–water partition coefficient (Wildman–Crippen LogP) is 3.47. The molecular weight excluding hydrogens is 291 g/mol. The van der Waals surface area contributed by atoms with E-state index in [9.17, 15) is 13.2 Å². The van der Waals surface area contributed by atoms with E-state index in [-0.39, 0.29) is 11.1 Å². The number of imidazole rings is 1. The summed E-state index contributed by atoms with van der Waals surface area (Å²) in [5, 5.41) is 0. The van der Waals surface area contributed by atoms with Gasteiger partial charge in [-0.2, -0.15) is 0 Å². The molecule has 0 unspecified atom stereocenters. The molecule has 0 aliphatic heterocycles. The lowest BCUT2D eigenvalue weighted by atomic mass is 10.2. The van der Waals surface area contributed by atoms with Crippen LogP contribution in [-0.2, 0) is 6.54 Å². The fourth-order valence-electron chi connectivity index (χ4n) is 2.44. The number of rotatable bonds is 4. The van der Waals surface area contributed by atoms with Gasteiger partial charge in [0.05, 0.1) is 16.6 Å². The number of aromatic nitrogens is 2. The Balaban J connectivity index is 2.26. The number of fused-ring (bicyclic) bond motifs is 1. The Bertz CT molecular complexity index is 827. The SMILES string of the molecule is NCCCn1c(-c2ccccc2F)nc2cc(F)c(F)cc21. The highest BCUT2D eigenvalue weighted by atomic mass is 19.2. The van der Waals surface area contributed by atoms with E-state index in [4.69, 9.17) is 5.73 Å². The lowest BCUT2D eigenvalue weighted by molar-refractivity contribution is 0.510. The zero-order valence-corrected chi connectivity index (χ0v) is 11.7. The maximum absolute atomic E-state index is 14.0. The Hall–Kier alpha value is -2.34. The minimum absolute atomic E-state index is 0.286. The van der Waals surface area contributed by atoms with Crippen molar-refractivity contribution in [2.75, 3.05) is 6.54 Å². The zero-order chi connectivity index (χ0) is 15.7. The zero-order valence-electron chi connectivity index (χ0n) is 11.7. The summed E-state index contributed by atoms with van der Waals surface area (Å²) in [5.41, 5.74) is 6.52. The monoisotopic (exact) mass is 305 g/mol. The standard InChI is InChI=1S/C16H14F3N3/c17-11-5-2-1-4-10(11)16-21-14-8-12(18)13(19)9-15(14)22(16)7-3-6-20/h1-2,4-5,8-9H,3,6-7,20H2. The summed E-state index contributed by atoms with van der Waals surface area (Å²) < 4.78 is 42.6. The quantitative estimate of drug-likeness (QED) is 0.802. The van der Waals surface area contributed by atoms with Crippen molar-refractivity contribution in [3.8, 4) is 11.4 Å². The molecule has 0 aliphatic carbocycles. The molecule has 6 heteroatoms. The van der Waals surface area contributed by atoms with Gasteiger partial charge in [0.2, 0.25) is 0 Å². The van der Waals surface area contributed by atoms with E-state index in [0.717, 1.165) is 12.1 Å². The molecule has 1 heterocycles. The molecule has 0 bridgehead atoms. The molecule has 0 amide bonds. The summed E-state index contributed by atoms with van der Waals surface area (Å²) in [5.74, 6) is -2.03. The number of halogens is 3. The van der Waals surface area contributed by atoms with Gasteiger partial charge in [0.25, 0.3) is 0 Å². The average molecular weight is 305 g/mol. The van der Waals surface area contributed by atoms with Crippen LogP contribution in [0, 0.1) is 17.5 Å². The molecule has 114 valence electrons. The summed E-state index contributed by atoms with van der Waals surface area (Å²) >= 11 is 0. The van der Waals surface area contributed by atoms with Crippen LogP contribution in [0.15, 0.2) is 36.4 Å². The fourth-order valence-corrected chi connectivity index (χ4v) is 2.44. The van der Waals surface area contributed by atoms with Crippen LogP contribution in [0.5, 0.6) is 0 Å². The minimum atomic E-state index is -0.976. The van der Waals surface area contributed by atoms with Crippen molar-refractivity contribution >= 4 is 11.0 Å². The van der Waals surface area contributed by atoms with E-state index in [0.29, 0.717) is 30.9 Å².